The topological polar surface area (TPSA) is 51.2 Å². The van der Waals surface area contributed by atoms with Crippen LogP contribution in [0.4, 0.5) is 0 Å². The average Bonchev–Trinajstić information content (AvgIpc) is 2.29. The van der Waals surface area contributed by atoms with E-state index in [2.05, 4.69) is 0 Å². The Kier molecular flexibility index (Phi) is 5.83. The maximum absolute atomic E-state index is 11.9. The van der Waals surface area contributed by atoms with Crippen LogP contribution in [0.5, 0.6) is 0 Å². The standard InChI is InChI=1S/C13H16Cl2O3S/c1-9(2)5-6-19(17,18)8-13(16)10-3-4-11(14)12(15)7-10/h3-4,7,9H,5-6,8H2,1-2H3. The molecular weight excluding hydrogens is 307 g/mol. The third kappa shape index (κ3) is 5.51. The van der Waals surface area contributed by atoms with Gasteiger partial charge in [0.1, 0.15) is 5.75 Å². The van der Waals surface area contributed by atoms with Gasteiger partial charge >= 0.3 is 0 Å². The fraction of sp³-hybridized carbons (Fsp3) is 0.462. The van der Waals surface area contributed by atoms with Gasteiger partial charge in [0.05, 0.1) is 15.8 Å². The van der Waals surface area contributed by atoms with Crippen LogP contribution in [0.2, 0.25) is 10.0 Å². The number of rotatable bonds is 6. The number of benzene rings is 1. The van der Waals surface area contributed by atoms with Crippen LogP contribution in [0.15, 0.2) is 18.2 Å². The van der Waals surface area contributed by atoms with Crippen LogP contribution in [0.1, 0.15) is 30.6 Å². The number of halogens is 2. The van der Waals surface area contributed by atoms with Gasteiger partial charge in [0.15, 0.2) is 15.6 Å². The Bertz CT molecular complexity index is 565. The zero-order valence-electron chi connectivity index (χ0n) is 10.8. The van der Waals surface area contributed by atoms with Gasteiger partial charge in [0.25, 0.3) is 0 Å². The van der Waals surface area contributed by atoms with E-state index in [9.17, 15) is 13.2 Å². The van der Waals surface area contributed by atoms with Crippen molar-refractivity contribution in [2.75, 3.05) is 11.5 Å². The second-order valence-electron chi connectivity index (χ2n) is 4.83. The summed E-state index contributed by atoms with van der Waals surface area (Å²) in [4.78, 5) is 11.9. The summed E-state index contributed by atoms with van der Waals surface area (Å²) in [6.07, 6.45) is 0.553. The van der Waals surface area contributed by atoms with Gasteiger partial charge in [0.2, 0.25) is 0 Å². The second-order valence-corrected chi connectivity index (χ2v) is 7.83. The van der Waals surface area contributed by atoms with Crippen LogP contribution in [0, 0.1) is 5.92 Å². The monoisotopic (exact) mass is 322 g/mol. The van der Waals surface area contributed by atoms with E-state index in [1.54, 1.807) is 0 Å². The van der Waals surface area contributed by atoms with Gasteiger partial charge in [-0.05, 0) is 30.5 Å². The fourth-order valence-corrected chi connectivity index (χ4v) is 3.28. The molecule has 0 amide bonds. The molecule has 19 heavy (non-hydrogen) atoms. The Morgan fingerprint density at radius 2 is 1.84 bits per heavy atom. The number of carbonyl (C=O) groups excluding carboxylic acids is 1. The van der Waals surface area contributed by atoms with E-state index in [1.807, 2.05) is 13.8 Å². The van der Waals surface area contributed by atoms with Crippen LogP contribution in [-0.4, -0.2) is 25.7 Å². The van der Waals surface area contributed by atoms with E-state index in [4.69, 9.17) is 23.2 Å². The highest BCUT2D eigenvalue weighted by atomic mass is 35.5. The Balaban J connectivity index is 2.76. The lowest BCUT2D eigenvalue weighted by atomic mass is 10.1. The minimum atomic E-state index is -3.37. The van der Waals surface area contributed by atoms with Gasteiger partial charge in [-0.25, -0.2) is 8.42 Å². The number of ketones is 1. The molecule has 1 aromatic rings. The molecule has 3 nitrogen and oxygen atoms in total. The summed E-state index contributed by atoms with van der Waals surface area (Å²) in [5.74, 6) is -0.632. The maximum atomic E-state index is 11.9. The molecule has 0 atom stereocenters. The van der Waals surface area contributed by atoms with Crippen molar-refractivity contribution in [1.29, 1.82) is 0 Å². The molecule has 0 aliphatic heterocycles. The summed E-state index contributed by atoms with van der Waals surface area (Å²) in [6.45, 7) is 3.88. The van der Waals surface area contributed by atoms with E-state index in [-0.39, 0.29) is 22.3 Å². The SMILES string of the molecule is CC(C)CCS(=O)(=O)CC(=O)c1ccc(Cl)c(Cl)c1. The van der Waals surface area contributed by atoms with Crippen molar-refractivity contribution < 1.29 is 13.2 Å². The van der Waals surface area contributed by atoms with Crippen molar-refractivity contribution in [3.8, 4) is 0 Å². The van der Waals surface area contributed by atoms with Crippen molar-refractivity contribution in [3.63, 3.8) is 0 Å². The number of hydrogen-bond acceptors (Lipinski definition) is 3. The molecule has 0 aromatic heterocycles. The third-order valence-corrected chi connectivity index (χ3v) is 4.90. The molecule has 0 radical (unpaired) electrons. The largest absolute Gasteiger partial charge is 0.293 e. The number of hydrogen-bond donors (Lipinski definition) is 0. The summed E-state index contributed by atoms with van der Waals surface area (Å²) in [6, 6.07) is 4.36. The maximum Gasteiger partial charge on any atom is 0.177 e. The molecule has 0 bridgehead atoms. The second kappa shape index (κ2) is 6.73. The summed E-state index contributed by atoms with van der Waals surface area (Å²) in [5.41, 5.74) is 0.266. The Morgan fingerprint density at radius 3 is 2.37 bits per heavy atom. The highest BCUT2D eigenvalue weighted by molar-refractivity contribution is 7.92. The van der Waals surface area contributed by atoms with Crippen LogP contribution in [0.3, 0.4) is 0 Å². The van der Waals surface area contributed by atoms with Crippen molar-refractivity contribution in [2.24, 2.45) is 5.92 Å². The minimum absolute atomic E-state index is 0.0255. The predicted molar refractivity (Wildman–Crippen MR) is 78.9 cm³/mol. The molecule has 0 saturated carbocycles. The molecule has 0 fully saturated rings. The fourth-order valence-electron chi connectivity index (χ4n) is 1.44. The Hall–Kier alpha value is -0.580. The molecule has 1 rings (SSSR count). The first-order chi connectivity index (χ1) is 8.71. The van der Waals surface area contributed by atoms with Gasteiger partial charge in [-0.1, -0.05) is 37.0 Å². The van der Waals surface area contributed by atoms with Crippen LogP contribution in [0.25, 0.3) is 0 Å². The molecule has 0 aliphatic carbocycles. The van der Waals surface area contributed by atoms with Gasteiger partial charge in [-0.15, -0.1) is 0 Å². The normalized spacial score (nSPS) is 11.8. The summed E-state index contributed by atoms with van der Waals surface area (Å²) < 4.78 is 23.6. The first kappa shape index (κ1) is 16.5. The number of sulfone groups is 1. The molecule has 0 N–H and O–H groups in total. The molecule has 0 saturated heterocycles. The minimum Gasteiger partial charge on any atom is -0.293 e. The Labute approximate surface area is 123 Å². The van der Waals surface area contributed by atoms with Gasteiger partial charge in [0, 0.05) is 5.56 Å². The molecule has 6 heteroatoms. The molecule has 0 aliphatic rings. The van der Waals surface area contributed by atoms with Crippen molar-refractivity contribution in [1.82, 2.24) is 0 Å². The van der Waals surface area contributed by atoms with Gasteiger partial charge < -0.3 is 0 Å². The lowest BCUT2D eigenvalue weighted by molar-refractivity contribution is 0.102. The van der Waals surface area contributed by atoms with Gasteiger partial charge in [-0.3, -0.25) is 4.79 Å². The molecule has 0 spiro atoms. The highest BCUT2D eigenvalue weighted by Crippen LogP contribution is 2.23. The lowest BCUT2D eigenvalue weighted by Crippen LogP contribution is -2.20. The summed E-state index contributed by atoms with van der Waals surface area (Å²) >= 11 is 11.5. The Morgan fingerprint density at radius 1 is 1.21 bits per heavy atom. The van der Waals surface area contributed by atoms with E-state index in [0.29, 0.717) is 11.4 Å². The van der Waals surface area contributed by atoms with Crippen molar-refractivity contribution in [2.45, 2.75) is 20.3 Å². The zero-order valence-corrected chi connectivity index (χ0v) is 13.1. The smallest absolute Gasteiger partial charge is 0.177 e. The predicted octanol–water partition coefficient (Wildman–Crippen LogP) is 3.64. The molecule has 0 heterocycles. The molecule has 1 aromatic carbocycles. The van der Waals surface area contributed by atoms with Crippen molar-refractivity contribution in [3.05, 3.63) is 33.8 Å². The third-order valence-electron chi connectivity index (χ3n) is 2.60. The van der Waals surface area contributed by atoms with E-state index < -0.39 is 21.4 Å². The number of carbonyl (C=O) groups is 1. The molecular formula is C13H16Cl2O3S. The average molecular weight is 323 g/mol. The lowest BCUT2D eigenvalue weighted by Gasteiger charge is -2.06. The molecule has 0 unspecified atom stereocenters. The first-order valence-corrected chi connectivity index (χ1v) is 8.47. The van der Waals surface area contributed by atoms with E-state index in [1.165, 1.54) is 18.2 Å². The quantitative estimate of drug-likeness (QED) is 0.751. The summed E-state index contributed by atoms with van der Waals surface area (Å²) in [5, 5.41) is 0.577. The van der Waals surface area contributed by atoms with Gasteiger partial charge in [-0.2, -0.15) is 0 Å². The highest BCUT2D eigenvalue weighted by Gasteiger charge is 2.19. The van der Waals surface area contributed by atoms with Crippen LogP contribution < -0.4 is 0 Å². The van der Waals surface area contributed by atoms with Crippen molar-refractivity contribution >= 4 is 38.8 Å². The first-order valence-electron chi connectivity index (χ1n) is 5.90. The summed E-state index contributed by atoms with van der Waals surface area (Å²) in [7, 11) is -3.37. The molecule has 106 valence electrons. The van der Waals surface area contributed by atoms with Crippen LogP contribution in [-0.2, 0) is 9.84 Å². The zero-order chi connectivity index (χ0) is 14.6. The van der Waals surface area contributed by atoms with E-state index in [0.717, 1.165) is 0 Å². The number of Topliss-reactive ketones (excluding diaryl/α,β-unsaturated/α-hetero) is 1. The van der Waals surface area contributed by atoms with E-state index >= 15 is 0 Å². The van der Waals surface area contributed by atoms with Crippen LogP contribution >= 0.6 is 23.2 Å².